The van der Waals surface area contributed by atoms with Crippen LogP contribution >= 0.6 is 0 Å². The average Bonchev–Trinajstić information content (AvgIpc) is 3.28. The topological polar surface area (TPSA) is 73.8 Å². The average molecular weight is 341 g/mol. The molecule has 0 atom stereocenters. The third kappa shape index (κ3) is 2.73. The molecule has 0 fully saturated rings. The molecule has 4 aromatic rings. The van der Waals surface area contributed by atoms with Crippen LogP contribution in [0.25, 0.3) is 28.4 Å². The van der Waals surface area contributed by atoms with Crippen molar-refractivity contribution in [2.45, 2.75) is 19.9 Å². The van der Waals surface area contributed by atoms with E-state index in [1.54, 1.807) is 29.3 Å². The van der Waals surface area contributed by atoms with E-state index in [1.165, 1.54) is 16.8 Å². The van der Waals surface area contributed by atoms with Crippen LogP contribution in [-0.2, 0) is 6.54 Å². The number of rotatable bonds is 4. The molecule has 0 N–H and O–H groups in total. The lowest BCUT2D eigenvalue weighted by Crippen LogP contribution is -1.98. The van der Waals surface area contributed by atoms with Crippen LogP contribution in [0.5, 0.6) is 0 Å². The van der Waals surface area contributed by atoms with Gasteiger partial charge in [0.25, 0.3) is 6.43 Å². The predicted octanol–water partition coefficient (Wildman–Crippen LogP) is 3.01. The standard InChI is InChI=1S/C16H13F2N7/c1-2-24-8-10(5-22-24)11-3-4-19-16(23-11)13-6-21-14-7-20-12(15(17)18)9-25(13)14/h3-9,15H,2H2,1H3. The lowest BCUT2D eigenvalue weighted by molar-refractivity contribution is 0.145. The molecule has 7 nitrogen and oxygen atoms in total. The fraction of sp³-hybridized carbons (Fsp3) is 0.188. The fourth-order valence-corrected chi connectivity index (χ4v) is 2.49. The number of halogens is 2. The summed E-state index contributed by atoms with van der Waals surface area (Å²) in [6, 6.07) is 1.77. The number of alkyl halides is 2. The van der Waals surface area contributed by atoms with Crippen molar-refractivity contribution in [3.05, 3.63) is 48.9 Å². The van der Waals surface area contributed by atoms with Gasteiger partial charge >= 0.3 is 0 Å². The Kier molecular flexibility index (Phi) is 3.68. The Morgan fingerprint density at radius 3 is 2.72 bits per heavy atom. The summed E-state index contributed by atoms with van der Waals surface area (Å²) in [7, 11) is 0. The second kappa shape index (κ2) is 6.00. The molecule has 0 amide bonds. The van der Waals surface area contributed by atoms with E-state index < -0.39 is 6.43 Å². The van der Waals surface area contributed by atoms with Gasteiger partial charge in [-0.2, -0.15) is 5.10 Å². The molecule has 4 aromatic heterocycles. The summed E-state index contributed by atoms with van der Waals surface area (Å²) in [5.74, 6) is 0.390. The monoisotopic (exact) mass is 341 g/mol. The molecule has 4 heterocycles. The van der Waals surface area contributed by atoms with Crippen LogP contribution in [-0.4, -0.2) is 34.1 Å². The summed E-state index contributed by atoms with van der Waals surface area (Å²) in [5.41, 5.74) is 2.19. The second-order valence-corrected chi connectivity index (χ2v) is 5.33. The highest BCUT2D eigenvalue weighted by Gasteiger charge is 2.15. The minimum Gasteiger partial charge on any atom is -0.294 e. The summed E-state index contributed by atoms with van der Waals surface area (Å²) < 4.78 is 29.2. The minimum atomic E-state index is -2.66. The van der Waals surface area contributed by atoms with Crippen molar-refractivity contribution in [1.29, 1.82) is 0 Å². The number of imidazole rings is 1. The Hall–Kier alpha value is -3.23. The van der Waals surface area contributed by atoms with E-state index in [0.717, 1.165) is 12.1 Å². The van der Waals surface area contributed by atoms with Gasteiger partial charge in [0.2, 0.25) is 0 Å². The number of hydrogen-bond donors (Lipinski definition) is 0. The first kappa shape index (κ1) is 15.3. The van der Waals surface area contributed by atoms with E-state index in [4.69, 9.17) is 0 Å². The summed E-state index contributed by atoms with van der Waals surface area (Å²) in [5, 5.41) is 4.23. The third-order valence-corrected chi connectivity index (χ3v) is 3.78. The van der Waals surface area contributed by atoms with Crippen LogP contribution in [0.1, 0.15) is 19.0 Å². The first-order chi connectivity index (χ1) is 12.2. The Bertz CT molecular complexity index is 1040. The van der Waals surface area contributed by atoms with Gasteiger partial charge in [0.1, 0.15) is 11.4 Å². The molecule has 9 heteroatoms. The molecule has 0 radical (unpaired) electrons. The second-order valence-electron chi connectivity index (χ2n) is 5.33. The largest absolute Gasteiger partial charge is 0.294 e. The van der Waals surface area contributed by atoms with Crippen molar-refractivity contribution in [2.24, 2.45) is 0 Å². The Morgan fingerprint density at radius 1 is 1.08 bits per heavy atom. The Balaban J connectivity index is 1.81. The highest BCUT2D eigenvalue weighted by molar-refractivity contribution is 5.62. The molecule has 0 aliphatic heterocycles. The maximum atomic E-state index is 12.9. The van der Waals surface area contributed by atoms with Crippen molar-refractivity contribution in [3.63, 3.8) is 0 Å². The molecule has 126 valence electrons. The SMILES string of the molecule is CCn1cc(-c2ccnc(-c3cnc4cnc(C(F)F)cn34)n2)cn1. The van der Waals surface area contributed by atoms with Crippen molar-refractivity contribution in [1.82, 2.24) is 34.1 Å². The van der Waals surface area contributed by atoms with Gasteiger partial charge in [-0.1, -0.05) is 0 Å². The molecule has 0 saturated carbocycles. The van der Waals surface area contributed by atoms with E-state index in [0.29, 0.717) is 22.9 Å². The number of aryl methyl sites for hydroxylation is 1. The van der Waals surface area contributed by atoms with Crippen molar-refractivity contribution in [2.75, 3.05) is 0 Å². The highest BCUT2D eigenvalue weighted by Crippen LogP contribution is 2.23. The van der Waals surface area contributed by atoms with E-state index >= 15 is 0 Å². The molecular weight excluding hydrogens is 328 g/mol. The van der Waals surface area contributed by atoms with Gasteiger partial charge < -0.3 is 0 Å². The number of fused-ring (bicyclic) bond motifs is 1. The first-order valence-corrected chi connectivity index (χ1v) is 7.63. The van der Waals surface area contributed by atoms with Crippen LogP contribution in [0.3, 0.4) is 0 Å². The quantitative estimate of drug-likeness (QED) is 0.570. The molecule has 0 bridgehead atoms. The lowest BCUT2D eigenvalue weighted by atomic mass is 10.2. The molecule has 0 aliphatic carbocycles. The van der Waals surface area contributed by atoms with Crippen LogP contribution in [0.4, 0.5) is 8.78 Å². The van der Waals surface area contributed by atoms with Gasteiger partial charge in [0, 0.05) is 30.7 Å². The lowest BCUT2D eigenvalue weighted by Gasteiger charge is -2.04. The highest BCUT2D eigenvalue weighted by atomic mass is 19.3. The molecular formula is C16H13F2N7. The molecule has 0 spiro atoms. The van der Waals surface area contributed by atoms with Gasteiger partial charge in [-0.05, 0) is 13.0 Å². The minimum absolute atomic E-state index is 0.327. The number of aromatic nitrogens is 7. The molecule has 0 aromatic carbocycles. The molecule has 25 heavy (non-hydrogen) atoms. The van der Waals surface area contributed by atoms with Gasteiger partial charge in [-0.3, -0.25) is 9.08 Å². The van der Waals surface area contributed by atoms with Crippen molar-refractivity contribution >= 4 is 5.65 Å². The van der Waals surface area contributed by atoms with E-state index in [9.17, 15) is 8.78 Å². The summed E-state index contributed by atoms with van der Waals surface area (Å²) >= 11 is 0. The van der Waals surface area contributed by atoms with Crippen LogP contribution in [0.2, 0.25) is 0 Å². The van der Waals surface area contributed by atoms with Crippen molar-refractivity contribution < 1.29 is 8.78 Å². The molecule has 0 saturated heterocycles. The zero-order valence-electron chi connectivity index (χ0n) is 13.2. The zero-order valence-corrected chi connectivity index (χ0v) is 13.2. The summed E-state index contributed by atoms with van der Waals surface area (Å²) in [4.78, 5) is 16.7. The predicted molar refractivity (Wildman–Crippen MR) is 85.9 cm³/mol. The van der Waals surface area contributed by atoms with Crippen molar-refractivity contribution in [3.8, 4) is 22.8 Å². The van der Waals surface area contributed by atoms with E-state index in [1.807, 2.05) is 13.1 Å². The smallest absolute Gasteiger partial charge is 0.281 e. The zero-order chi connectivity index (χ0) is 17.4. The van der Waals surface area contributed by atoms with E-state index in [2.05, 4.69) is 25.0 Å². The van der Waals surface area contributed by atoms with Crippen LogP contribution < -0.4 is 0 Å². The van der Waals surface area contributed by atoms with Gasteiger partial charge in [-0.25, -0.2) is 28.7 Å². The van der Waals surface area contributed by atoms with E-state index in [-0.39, 0.29) is 5.69 Å². The normalized spacial score (nSPS) is 11.5. The third-order valence-electron chi connectivity index (χ3n) is 3.78. The molecule has 0 aliphatic rings. The number of hydrogen-bond acceptors (Lipinski definition) is 5. The van der Waals surface area contributed by atoms with Gasteiger partial charge in [-0.15, -0.1) is 0 Å². The number of nitrogens with zero attached hydrogens (tertiary/aromatic N) is 7. The fourth-order valence-electron chi connectivity index (χ4n) is 2.49. The van der Waals surface area contributed by atoms with Crippen LogP contribution in [0, 0.1) is 0 Å². The van der Waals surface area contributed by atoms with Gasteiger partial charge in [0.15, 0.2) is 11.5 Å². The molecule has 4 rings (SSSR count). The Labute approximate surface area is 141 Å². The Morgan fingerprint density at radius 2 is 1.96 bits per heavy atom. The van der Waals surface area contributed by atoms with Crippen LogP contribution in [0.15, 0.2) is 43.2 Å². The summed E-state index contributed by atoms with van der Waals surface area (Å²) in [6.07, 6.45) is 6.68. The maximum absolute atomic E-state index is 12.9. The van der Waals surface area contributed by atoms with Gasteiger partial charge in [0.05, 0.1) is 24.3 Å². The first-order valence-electron chi connectivity index (χ1n) is 7.63. The maximum Gasteiger partial charge on any atom is 0.281 e. The molecule has 0 unspecified atom stereocenters. The summed E-state index contributed by atoms with van der Waals surface area (Å²) in [6.45, 7) is 2.75.